The Hall–Kier alpha value is -16.4. The fourth-order valence-electron chi connectivity index (χ4n) is 18.6. The number of aryl methyl sites for hydroxylation is 8. The Morgan fingerprint density at radius 2 is 0.276 bits per heavy atom. The Bertz CT molecular complexity index is 7220. The van der Waals surface area contributed by atoms with Gasteiger partial charge in [-0.1, -0.05) is 390 Å². The maximum atomic E-state index is 5.04. The number of fused-ring (bicyclic) bond motifs is 6. The van der Waals surface area contributed by atoms with Gasteiger partial charge in [-0.05, 0) is 191 Å². The van der Waals surface area contributed by atoms with Gasteiger partial charge in [-0.15, -0.1) is 0 Å². The number of hydrogen-bond donors (Lipinski definition) is 0. The standard InChI is InChI=1S/2C61H48N6/c1-37-7-15-43(16-8-37)55-62-56(44-17-9-38(2)10-18-44)65-59(64-55)47-27-23-41(24-28-47)49-31-33-53-51(35-49)52-36-50(32-34-54(52)61(53,5)6)42-25-29-48(30-26-42)60-66-57(45-19-11-39(3)12-20-45)63-58(67-60)46-21-13-40(4)14-22-46;1-37-15-7-11-19-47(37)57-62-55(63-58(66-57)48-20-12-8-16-38(48)2)43-27-23-41(24-28-43)45-31-33-53-51(35-45)52-36-46(32-34-54(52)61(53,5)6)42-25-29-44(30-26-42)56-64-59(49-21-13-9-17-39(49)3)67-60(65-56)50-22-14-10-18-40(50)4/h2*7-36H,1-6H3. The van der Waals surface area contributed by atoms with Crippen molar-refractivity contribution < 1.29 is 0 Å². The van der Waals surface area contributed by atoms with Crippen LogP contribution in [0.1, 0.15) is 94.5 Å². The molecule has 12 nitrogen and oxygen atoms in total. The molecule has 0 N–H and O–H groups in total. The van der Waals surface area contributed by atoms with Gasteiger partial charge in [0, 0.05) is 77.6 Å². The van der Waals surface area contributed by atoms with Crippen molar-refractivity contribution >= 4 is 0 Å². The zero-order chi connectivity index (χ0) is 91.6. The van der Waals surface area contributed by atoms with Crippen LogP contribution < -0.4 is 0 Å². The molecule has 0 aliphatic heterocycles. The Morgan fingerprint density at radius 3 is 0.455 bits per heavy atom. The molecule has 0 unspecified atom stereocenters. The van der Waals surface area contributed by atoms with E-state index in [1.54, 1.807) is 0 Å². The topological polar surface area (TPSA) is 155 Å². The van der Waals surface area contributed by atoms with Crippen molar-refractivity contribution in [2.45, 2.75) is 93.9 Å². The van der Waals surface area contributed by atoms with Gasteiger partial charge in [0.15, 0.2) is 69.9 Å². The highest BCUT2D eigenvalue weighted by Gasteiger charge is 2.38. The molecule has 0 saturated heterocycles. The molecule has 20 aromatic rings. The lowest BCUT2D eigenvalue weighted by Gasteiger charge is -2.21. The summed E-state index contributed by atoms with van der Waals surface area (Å²) in [6.07, 6.45) is 0. The Morgan fingerprint density at radius 1 is 0.134 bits per heavy atom. The van der Waals surface area contributed by atoms with E-state index in [1.165, 1.54) is 66.8 Å². The van der Waals surface area contributed by atoms with Gasteiger partial charge >= 0.3 is 0 Å². The van der Waals surface area contributed by atoms with Gasteiger partial charge in [-0.2, -0.15) is 0 Å². The minimum atomic E-state index is -0.139. The summed E-state index contributed by atoms with van der Waals surface area (Å²) in [5, 5.41) is 0. The predicted molar refractivity (Wildman–Crippen MR) is 546 cm³/mol. The second-order valence-electron chi connectivity index (χ2n) is 36.5. The van der Waals surface area contributed by atoms with Crippen LogP contribution in [0.5, 0.6) is 0 Å². The van der Waals surface area contributed by atoms with Gasteiger partial charge in [-0.25, -0.2) is 59.8 Å². The van der Waals surface area contributed by atoms with Crippen LogP contribution in [0.2, 0.25) is 0 Å². The van der Waals surface area contributed by atoms with Crippen LogP contribution in [0.3, 0.4) is 0 Å². The summed E-state index contributed by atoms with van der Waals surface area (Å²) < 4.78 is 0. The lowest BCUT2D eigenvalue weighted by molar-refractivity contribution is 0.660. The summed E-state index contributed by atoms with van der Waals surface area (Å²) in [4.78, 5) is 60.0. The van der Waals surface area contributed by atoms with Gasteiger partial charge in [0.1, 0.15) is 0 Å². The van der Waals surface area contributed by atoms with Crippen LogP contribution in [0.15, 0.2) is 364 Å². The fourth-order valence-corrected chi connectivity index (χ4v) is 18.6. The normalized spacial score (nSPS) is 12.4. The molecule has 0 fully saturated rings. The molecule has 22 rings (SSSR count). The first-order valence-corrected chi connectivity index (χ1v) is 45.7. The van der Waals surface area contributed by atoms with E-state index in [0.29, 0.717) is 69.9 Å². The third-order valence-electron chi connectivity index (χ3n) is 26.6. The van der Waals surface area contributed by atoms with E-state index >= 15 is 0 Å². The first-order chi connectivity index (χ1) is 65.1. The number of rotatable bonds is 16. The van der Waals surface area contributed by atoms with Crippen molar-refractivity contribution in [3.05, 3.63) is 431 Å². The third kappa shape index (κ3) is 16.5. The number of benzene rings is 16. The average molecular weight is 1730 g/mol. The van der Waals surface area contributed by atoms with E-state index in [9.17, 15) is 0 Å². The molecular weight excluding hydrogens is 1630 g/mol. The second-order valence-corrected chi connectivity index (χ2v) is 36.5. The predicted octanol–water partition coefficient (Wildman–Crippen LogP) is 29.9. The molecule has 16 aromatic carbocycles. The molecule has 0 bridgehead atoms. The van der Waals surface area contributed by atoms with Gasteiger partial charge in [0.05, 0.1) is 0 Å². The van der Waals surface area contributed by atoms with Gasteiger partial charge in [-0.3, -0.25) is 0 Å². The largest absolute Gasteiger partial charge is 0.208 e. The van der Waals surface area contributed by atoms with Crippen LogP contribution in [-0.2, 0) is 10.8 Å². The molecule has 2 aliphatic carbocycles. The number of nitrogens with zero attached hydrogens (tertiary/aromatic N) is 12. The van der Waals surface area contributed by atoms with E-state index in [2.05, 4.69) is 399 Å². The summed E-state index contributed by atoms with van der Waals surface area (Å²) in [6, 6.07) is 129. The highest BCUT2D eigenvalue weighted by atomic mass is 15.1. The minimum absolute atomic E-state index is 0.137. The molecule has 0 amide bonds. The lowest BCUT2D eigenvalue weighted by atomic mass is 9.82. The molecule has 644 valence electrons. The molecule has 0 spiro atoms. The van der Waals surface area contributed by atoms with E-state index in [-0.39, 0.29) is 10.8 Å². The van der Waals surface area contributed by atoms with Crippen LogP contribution >= 0.6 is 0 Å². The molecule has 2 aliphatic rings. The summed E-state index contributed by atoms with van der Waals surface area (Å²) in [7, 11) is 0. The lowest BCUT2D eigenvalue weighted by Crippen LogP contribution is -2.14. The molecule has 0 saturated carbocycles. The summed E-state index contributed by atoms with van der Waals surface area (Å²) >= 11 is 0. The molecule has 12 heteroatoms. The van der Waals surface area contributed by atoms with Gasteiger partial charge < -0.3 is 0 Å². The van der Waals surface area contributed by atoms with Crippen molar-refractivity contribution in [2.75, 3.05) is 0 Å². The summed E-state index contributed by atoms with van der Waals surface area (Å²) in [6.45, 7) is 26.1. The van der Waals surface area contributed by atoms with E-state index in [0.717, 1.165) is 134 Å². The Kier molecular flexibility index (Phi) is 21.9. The highest BCUT2D eigenvalue weighted by molar-refractivity contribution is 5.91. The molecule has 4 heterocycles. The van der Waals surface area contributed by atoms with Crippen LogP contribution in [0, 0.1) is 55.4 Å². The molecule has 0 atom stereocenters. The third-order valence-corrected chi connectivity index (χ3v) is 26.6. The average Bonchev–Trinajstić information content (AvgIpc) is 1.58. The van der Waals surface area contributed by atoms with Crippen molar-refractivity contribution in [1.29, 1.82) is 0 Å². The molecular formula is C122H96N12. The molecule has 134 heavy (non-hydrogen) atoms. The number of hydrogen-bond acceptors (Lipinski definition) is 12. The molecule has 0 radical (unpaired) electrons. The van der Waals surface area contributed by atoms with E-state index in [4.69, 9.17) is 59.8 Å². The Balaban J connectivity index is 0.000000161. The second kappa shape index (κ2) is 34.8. The molecule has 4 aromatic heterocycles. The maximum Gasteiger partial charge on any atom is 0.164 e. The van der Waals surface area contributed by atoms with Gasteiger partial charge in [0.2, 0.25) is 0 Å². The van der Waals surface area contributed by atoms with Crippen molar-refractivity contribution in [3.8, 4) is 203 Å². The first kappa shape index (κ1) is 84.4. The monoisotopic (exact) mass is 1730 g/mol. The van der Waals surface area contributed by atoms with Crippen LogP contribution in [-0.4, -0.2) is 59.8 Å². The van der Waals surface area contributed by atoms with Gasteiger partial charge in [0.25, 0.3) is 0 Å². The van der Waals surface area contributed by atoms with Crippen LogP contribution in [0.4, 0.5) is 0 Å². The summed E-state index contributed by atoms with van der Waals surface area (Å²) in [5.74, 6) is 7.88. The zero-order valence-corrected chi connectivity index (χ0v) is 77.0. The smallest absolute Gasteiger partial charge is 0.164 e. The van der Waals surface area contributed by atoms with E-state index in [1.807, 2.05) is 48.5 Å². The Labute approximate surface area is 782 Å². The summed E-state index contributed by atoms with van der Waals surface area (Å²) in [5.41, 5.74) is 40.1. The SMILES string of the molecule is Cc1ccc(-c2nc(-c3ccc(C)cc3)nc(-c3ccc(-c4ccc5c(c4)-c4cc(-c6ccc(-c7nc(-c8ccc(C)cc8)nc(-c8ccc(C)cc8)n7)cc6)ccc4C5(C)C)cc3)n2)cc1.Cc1ccccc1-c1nc(-c2ccc(-c3ccc4c(c3)-c3cc(-c5ccc(-c6nc(-c7ccccc7C)nc(-c7ccccc7C)n6)cc5)ccc3C4(C)C)cc2)nc(-c2ccccc2C)n1. The minimum Gasteiger partial charge on any atom is -0.208 e. The number of aromatic nitrogens is 12. The van der Waals surface area contributed by atoms with Crippen molar-refractivity contribution in [2.24, 2.45) is 0 Å². The maximum absolute atomic E-state index is 5.04. The van der Waals surface area contributed by atoms with Crippen LogP contribution in [0.25, 0.3) is 203 Å². The van der Waals surface area contributed by atoms with E-state index < -0.39 is 0 Å². The van der Waals surface area contributed by atoms with Crippen molar-refractivity contribution in [3.63, 3.8) is 0 Å². The fraction of sp³-hybridized carbons (Fsp3) is 0.115. The van der Waals surface area contributed by atoms with Crippen molar-refractivity contribution in [1.82, 2.24) is 59.8 Å². The quantitative estimate of drug-likeness (QED) is 0.0904. The first-order valence-electron chi connectivity index (χ1n) is 45.7. The zero-order valence-electron chi connectivity index (χ0n) is 77.0. The highest BCUT2D eigenvalue weighted by Crippen LogP contribution is 2.53.